The number of rotatable bonds is 7. The molecule has 0 unspecified atom stereocenters. The number of aliphatic hydroxyl groups excluding tert-OH is 1. The second-order valence-electron chi connectivity index (χ2n) is 9.15. The predicted octanol–water partition coefficient (Wildman–Crippen LogP) is 4.56. The number of aliphatic hydroxyl groups is 1. The average molecular weight is 503 g/mol. The van der Waals surface area contributed by atoms with E-state index in [1.54, 1.807) is 38.0 Å². The second-order valence-corrected chi connectivity index (χ2v) is 9.55. The molecule has 3 aromatic rings. The van der Waals surface area contributed by atoms with E-state index in [4.69, 9.17) is 21.1 Å². The highest BCUT2D eigenvalue weighted by Crippen LogP contribution is 2.36. The molecule has 0 aliphatic carbocycles. The maximum absolute atomic E-state index is 13.5. The number of amides is 1. The number of carbonyl (C=O) groups is 1. The molecule has 0 atom stereocenters. The lowest BCUT2D eigenvalue weighted by atomic mass is 9.91. The van der Waals surface area contributed by atoms with Crippen molar-refractivity contribution in [3.05, 3.63) is 47.5 Å². The third kappa shape index (κ3) is 5.41. The Morgan fingerprint density at radius 2 is 1.97 bits per heavy atom. The van der Waals surface area contributed by atoms with Crippen LogP contribution < -0.4 is 14.8 Å². The first-order chi connectivity index (χ1) is 16.7. The van der Waals surface area contributed by atoms with Crippen LogP contribution in [0, 0.1) is 11.2 Å². The minimum Gasteiger partial charge on any atom is -0.493 e. The van der Waals surface area contributed by atoms with Gasteiger partial charge < -0.3 is 24.8 Å². The van der Waals surface area contributed by atoms with E-state index in [0.29, 0.717) is 59.8 Å². The molecule has 1 amide bonds. The fourth-order valence-corrected chi connectivity index (χ4v) is 4.16. The summed E-state index contributed by atoms with van der Waals surface area (Å²) in [7, 11) is 1.56. The summed E-state index contributed by atoms with van der Waals surface area (Å²) in [5.74, 6) is 1.02. The Kier molecular flexibility index (Phi) is 7.28. The maximum Gasteiger partial charge on any atom is 0.230 e. The van der Waals surface area contributed by atoms with Crippen molar-refractivity contribution in [2.45, 2.75) is 32.8 Å². The van der Waals surface area contributed by atoms with Gasteiger partial charge in [-0.2, -0.15) is 0 Å². The number of fused-ring (bicyclic) bond motifs is 1. The third-order valence-corrected chi connectivity index (χ3v) is 6.39. The molecule has 4 rings (SSSR count). The van der Waals surface area contributed by atoms with Crippen molar-refractivity contribution in [3.8, 4) is 11.5 Å². The summed E-state index contributed by atoms with van der Waals surface area (Å²) in [4.78, 5) is 23.1. The number of halogens is 2. The van der Waals surface area contributed by atoms with E-state index in [1.165, 1.54) is 18.5 Å². The summed E-state index contributed by atoms with van der Waals surface area (Å²) in [5.41, 5.74) is 0.428. The van der Waals surface area contributed by atoms with Crippen LogP contribution in [0.15, 0.2) is 36.7 Å². The van der Waals surface area contributed by atoms with Crippen molar-refractivity contribution >= 4 is 39.9 Å². The van der Waals surface area contributed by atoms with Crippen molar-refractivity contribution < 1.29 is 23.8 Å². The van der Waals surface area contributed by atoms with Gasteiger partial charge in [-0.15, -0.1) is 0 Å². The maximum atomic E-state index is 13.5. The highest BCUT2D eigenvalue weighted by molar-refractivity contribution is 6.31. The average Bonchev–Trinajstić information content (AvgIpc) is 2.86. The van der Waals surface area contributed by atoms with Gasteiger partial charge in [0.2, 0.25) is 5.91 Å². The Morgan fingerprint density at radius 1 is 1.23 bits per heavy atom. The lowest BCUT2D eigenvalue weighted by molar-refractivity contribution is -0.144. The van der Waals surface area contributed by atoms with E-state index < -0.39 is 11.2 Å². The molecule has 10 heteroatoms. The van der Waals surface area contributed by atoms with Crippen molar-refractivity contribution in [2.24, 2.45) is 5.41 Å². The topological polar surface area (TPSA) is 96.8 Å². The van der Waals surface area contributed by atoms with Crippen LogP contribution in [0.3, 0.4) is 0 Å². The molecular formula is C25H28ClFN4O4. The summed E-state index contributed by atoms with van der Waals surface area (Å²) in [5, 5.41) is 13.4. The molecule has 1 fully saturated rings. The fourth-order valence-electron chi connectivity index (χ4n) is 3.98. The third-order valence-electron chi connectivity index (χ3n) is 6.10. The van der Waals surface area contributed by atoms with Crippen LogP contribution >= 0.6 is 11.6 Å². The summed E-state index contributed by atoms with van der Waals surface area (Å²) >= 11 is 5.91. The zero-order valence-corrected chi connectivity index (χ0v) is 20.6. The van der Waals surface area contributed by atoms with Crippen LogP contribution in [-0.2, 0) is 4.79 Å². The van der Waals surface area contributed by atoms with Crippen molar-refractivity contribution in [2.75, 3.05) is 32.1 Å². The van der Waals surface area contributed by atoms with Gasteiger partial charge in [0.05, 0.1) is 29.7 Å². The largest absolute Gasteiger partial charge is 0.493 e. The van der Waals surface area contributed by atoms with E-state index in [1.807, 2.05) is 6.07 Å². The number of aromatic nitrogens is 2. The van der Waals surface area contributed by atoms with E-state index in [9.17, 15) is 14.3 Å². The van der Waals surface area contributed by atoms with E-state index in [2.05, 4.69) is 15.3 Å². The quantitative estimate of drug-likeness (QED) is 0.488. The molecule has 35 heavy (non-hydrogen) atoms. The number of carbonyl (C=O) groups excluding carboxylic acids is 1. The molecule has 8 nitrogen and oxygen atoms in total. The number of methoxy groups -OCH3 is 1. The zero-order chi connectivity index (χ0) is 25.2. The first kappa shape index (κ1) is 24.9. The number of piperidine rings is 1. The first-order valence-corrected chi connectivity index (χ1v) is 11.7. The Bertz CT molecular complexity index is 1230. The first-order valence-electron chi connectivity index (χ1n) is 11.3. The molecule has 1 aliphatic heterocycles. The number of anilines is 2. The highest BCUT2D eigenvalue weighted by atomic mass is 35.5. The van der Waals surface area contributed by atoms with Gasteiger partial charge in [0.25, 0.3) is 0 Å². The van der Waals surface area contributed by atoms with Crippen LogP contribution in [0.5, 0.6) is 11.5 Å². The second kappa shape index (κ2) is 10.2. The van der Waals surface area contributed by atoms with Crippen molar-refractivity contribution in [1.82, 2.24) is 14.9 Å². The molecule has 0 saturated carbocycles. The van der Waals surface area contributed by atoms with E-state index in [-0.39, 0.29) is 23.6 Å². The van der Waals surface area contributed by atoms with Gasteiger partial charge >= 0.3 is 0 Å². The monoisotopic (exact) mass is 502 g/mol. The smallest absolute Gasteiger partial charge is 0.230 e. The van der Waals surface area contributed by atoms with Crippen LogP contribution in [-0.4, -0.2) is 58.8 Å². The minimum atomic E-state index is -0.798. The Labute approximate surface area is 208 Å². The van der Waals surface area contributed by atoms with Gasteiger partial charge in [-0.05, 0) is 38.1 Å². The standard InChI is InChI=1S/C25H28ClFN4O4/c1-25(2,13-32)24(33)31-8-6-16(7-9-31)35-22-11-17-20(12-21(22)34-3)28-14-29-23(17)30-15-4-5-19(27)18(26)10-15/h4-5,10-12,14,16,32H,6-9,13H2,1-3H3,(H,28,29,30). The van der Waals surface area contributed by atoms with Gasteiger partial charge in [0, 0.05) is 43.1 Å². The molecule has 2 heterocycles. The van der Waals surface area contributed by atoms with Crippen LogP contribution in [0.4, 0.5) is 15.9 Å². The molecule has 0 spiro atoms. The molecule has 186 valence electrons. The molecule has 2 N–H and O–H groups in total. The molecule has 1 aliphatic rings. The summed E-state index contributed by atoms with van der Waals surface area (Å²) < 4.78 is 25.4. The lowest BCUT2D eigenvalue weighted by Crippen LogP contribution is -2.48. The predicted molar refractivity (Wildman–Crippen MR) is 132 cm³/mol. The Morgan fingerprint density at radius 3 is 2.63 bits per heavy atom. The number of nitrogens with zero attached hydrogens (tertiary/aromatic N) is 3. The van der Waals surface area contributed by atoms with Crippen molar-refractivity contribution in [3.63, 3.8) is 0 Å². The van der Waals surface area contributed by atoms with Gasteiger partial charge in [-0.25, -0.2) is 14.4 Å². The van der Waals surface area contributed by atoms with Crippen LogP contribution in [0.1, 0.15) is 26.7 Å². The SMILES string of the molecule is COc1cc2ncnc(Nc3ccc(F)c(Cl)c3)c2cc1OC1CCN(C(=O)C(C)(C)CO)CC1. The van der Waals surface area contributed by atoms with Gasteiger partial charge in [0.1, 0.15) is 24.1 Å². The highest BCUT2D eigenvalue weighted by Gasteiger charge is 2.34. The molecule has 0 radical (unpaired) electrons. The number of hydrogen-bond acceptors (Lipinski definition) is 7. The number of likely N-dealkylation sites (tertiary alicyclic amines) is 1. The van der Waals surface area contributed by atoms with Crippen LogP contribution in [0.2, 0.25) is 5.02 Å². The molecule has 0 bridgehead atoms. The van der Waals surface area contributed by atoms with Gasteiger partial charge in [-0.3, -0.25) is 4.79 Å². The van der Waals surface area contributed by atoms with Crippen LogP contribution in [0.25, 0.3) is 10.9 Å². The molecular weight excluding hydrogens is 475 g/mol. The number of hydrogen-bond donors (Lipinski definition) is 2. The zero-order valence-electron chi connectivity index (χ0n) is 19.8. The summed E-state index contributed by atoms with van der Waals surface area (Å²) in [6.45, 7) is 4.38. The van der Waals surface area contributed by atoms with Gasteiger partial charge in [-0.1, -0.05) is 11.6 Å². The fraction of sp³-hybridized carbons (Fsp3) is 0.400. The lowest BCUT2D eigenvalue weighted by Gasteiger charge is -2.36. The normalized spacial score (nSPS) is 14.7. The number of nitrogens with one attached hydrogen (secondary N) is 1. The van der Waals surface area contributed by atoms with E-state index in [0.717, 1.165) is 0 Å². The molecule has 1 aromatic heterocycles. The Hall–Kier alpha value is -3.17. The van der Waals surface area contributed by atoms with Crippen molar-refractivity contribution in [1.29, 1.82) is 0 Å². The number of ether oxygens (including phenoxy) is 2. The van der Waals surface area contributed by atoms with Gasteiger partial charge in [0.15, 0.2) is 11.5 Å². The Balaban J connectivity index is 1.54. The summed E-state index contributed by atoms with van der Waals surface area (Å²) in [6.07, 6.45) is 2.62. The minimum absolute atomic E-state index is 0.00579. The summed E-state index contributed by atoms with van der Waals surface area (Å²) in [6, 6.07) is 7.93. The number of benzene rings is 2. The molecule has 2 aromatic carbocycles. The molecule has 1 saturated heterocycles. The van der Waals surface area contributed by atoms with E-state index >= 15 is 0 Å².